The number of aromatic nitrogens is 1. The molecule has 3 rings (SSSR count). The first-order chi connectivity index (χ1) is 7.65. The fourth-order valence-electron chi connectivity index (χ4n) is 1.67. The molecule has 16 heavy (non-hydrogen) atoms. The molecule has 0 bridgehead atoms. The highest BCUT2D eigenvalue weighted by atomic mass is 79.9. The van der Waals surface area contributed by atoms with Gasteiger partial charge in [-0.2, -0.15) is 0 Å². The summed E-state index contributed by atoms with van der Waals surface area (Å²) < 4.78 is 11.2. The molecule has 0 amide bonds. The summed E-state index contributed by atoms with van der Waals surface area (Å²) in [6, 6.07) is 5.50. The fourth-order valence-corrected chi connectivity index (χ4v) is 2.03. The molecule has 0 unspecified atom stereocenters. The van der Waals surface area contributed by atoms with Crippen LogP contribution in [0.5, 0.6) is 0 Å². The molecule has 0 aliphatic rings. The van der Waals surface area contributed by atoms with Crippen LogP contribution in [0.2, 0.25) is 0 Å². The molecule has 0 saturated heterocycles. The maximum atomic E-state index is 11.5. The van der Waals surface area contributed by atoms with E-state index in [2.05, 4.69) is 20.9 Å². The van der Waals surface area contributed by atoms with E-state index >= 15 is 0 Å². The summed E-state index contributed by atoms with van der Waals surface area (Å²) in [6.07, 6.45) is 0. The number of hydrogen-bond donors (Lipinski definition) is 0. The largest absolute Gasteiger partial charge is 0.447 e. The molecule has 0 aliphatic heterocycles. The van der Waals surface area contributed by atoms with Gasteiger partial charge in [0.2, 0.25) is 5.58 Å². The first-order valence-corrected chi connectivity index (χ1v) is 5.44. The third-order valence-corrected chi connectivity index (χ3v) is 2.81. The van der Waals surface area contributed by atoms with Gasteiger partial charge in [0.1, 0.15) is 11.1 Å². The lowest BCUT2D eigenvalue weighted by Crippen LogP contribution is -2.00. The second-order valence-corrected chi connectivity index (χ2v) is 4.36. The van der Waals surface area contributed by atoms with Crippen molar-refractivity contribution >= 4 is 38.0 Å². The maximum absolute atomic E-state index is 11.5. The van der Waals surface area contributed by atoms with E-state index < -0.39 is 5.63 Å². The van der Waals surface area contributed by atoms with E-state index in [-0.39, 0.29) is 5.58 Å². The number of hydrogen-bond acceptors (Lipinski definition) is 4. The molecule has 0 saturated carbocycles. The van der Waals surface area contributed by atoms with Crippen LogP contribution in [0.15, 0.2) is 36.3 Å². The third-order valence-electron chi connectivity index (χ3n) is 2.32. The Morgan fingerprint density at radius 1 is 1.31 bits per heavy atom. The summed E-state index contributed by atoms with van der Waals surface area (Å²) in [7, 11) is 0. The Hall–Kier alpha value is -1.62. The van der Waals surface area contributed by atoms with Gasteiger partial charge in [0.15, 0.2) is 5.89 Å². The third kappa shape index (κ3) is 1.28. The van der Waals surface area contributed by atoms with Gasteiger partial charge >= 0.3 is 5.63 Å². The second-order valence-electron chi connectivity index (χ2n) is 3.44. The van der Waals surface area contributed by atoms with Crippen molar-refractivity contribution in [3.63, 3.8) is 0 Å². The van der Waals surface area contributed by atoms with Crippen molar-refractivity contribution in [1.29, 1.82) is 0 Å². The predicted octanol–water partition coefficient (Wildman–Crippen LogP) is 3.01. The number of fused-ring (bicyclic) bond motifs is 3. The molecule has 3 aromatic rings. The van der Waals surface area contributed by atoms with Crippen LogP contribution in [0.4, 0.5) is 0 Å². The van der Waals surface area contributed by atoms with Crippen LogP contribution in [0.1, 0.15) is 5.89 Å². The molecule has 4 nitrogen and oxygen atoms in total. The standard InChI is InChI=1S/C11H6BrNO3/c1-5-13-9-7-4-6(12)2-3-8(7)16-10(9)11(14)15-5/h2-4H,1H3. The van der Waals surface area contributed by atoms with E-state index in [1.54, 1.807) is 13.0 Å². The molecule has 1 aromatic carbocycles. The summed E-state index contributed by atoms with van der Waals surface area (Å²) in [5, 5.41) is 0.806. The predicted molar refractivity (Wildman–Crippen MR) is 62.5 cm³/mol. The number of halogens is 1. The number of benzene rings is 1. The molecule has 0 N–H and O–H groups in total. The maximum Gasteiger partial charge on any atom is 0.383 e. The van der Waals surface area contributed by atoms with Gasteiger partial charge in [-0.15, -0.1) is 0 Å². The quantitative estimate of drug-likeness (QED) is 0.635. The molecule has 0 spiro atoms. The van der Waals surface area contributed by atoms with Gasteiger partial charge in [0.05, 0.1) is 0 Å². The van der Waals surface area contributed by atoms with E-state index in [1.807, 2.05) is 12.1 Å². The lowest BCUT2D eigenvalue weighted by molar-refractivity contribution is 0.454. The van der Waals surface area contributed by atoms with Crippen LogP contribution < -0.4 is 5.63 Å². The minimum absolute atomic E-state index is 0.165. The topological polar surface area (TPSA) is 56.2 Å². The van der Waals surface area contributed by atoms with Gasteiger partial charge in [-0.1, -0.05) is 15.9 Å². The number of nitrogens with zero attached hydrogens (tertiary/aromatic N) is 1. The summed E-state index contributed by atoms with van der Waals surface area (Å²) in [5.74, 6) is 0.333. The Morgan fingerprint density at radius 3 is 2.94 bits per heavy atom. The zero-order valence-corrected chi connectivity index (χ0v) is 9.87. The van der Waals surface area contributed by atoms with E-state index in [9.17, 15) is 4.79 Å². The summed E-state index contributed by atoms with van der Waals surface area (Å²) in [5.41, 5.74) is 0.849. The number of aryl methyl sites for hydroxylation is 1. The first-order valence-electron chi connectivity index (χ1n) is 4.64. The monoisotopic (exact) mass is 279 g/mol. The van der Waals surface area contributed by atoms with E-state index in [0.29, 0.717) is 17.0 Å². The molecule has 2 heterocycles. The Balaban J connectivity index is 2.62. The number of furan rings is 1. The molecule has 0 atom stereocenters. The van der Waals surface area contributed by atoms with E-state index in [4.69, 9.17) is 8.83 Å². The summed E-state index contributed by atoms with van der Waals surface area (Å²) in [4.78, 5) is 15.7. The minimum Gasteiger partial charge on any atom is -0.447 e. The Bertz CT molecular complexity index is 757. The van der Waals surface area contributed by atoms with Crippen molar-refractivity contribution in [2.45, 2.75) is 6.92 Å². The van der Waals surface area contributed by atoms with Crippen LogP contribution in [0, 0.1) is 6.92 Å². The highest BCUT2D eigenvalue weighted by Crippen LogP contribution is 2.27. The van der Waals surface area contributed by atoms with Crippen molar-refractivity contribution in [2.75, 3.05) is 0 Å². The van der Waals surface area contributed by atoms with Gasteiger partial charge in [-0.3, -0.25) is 0 Å². The zero-order chi connectivity index (χ0) is 11.3. The Labute approximate surface area is 98.0 Å². The highest BCUT2D eigenvalue weighted by molar-refractivity contribution is 9.10. The Morgan fingerprint density at radius 2 is 2.12 bits per heavy atom. The molecular weight excluding hydrogens is 274 g/mol. The second kappa shape index (κ2) is 3.18. The average Bonchev–Trinajstić information content (AvgIpc) is 2.57. The van der Waals surface area contributed by atoms with Crippen LogP contribution in [-0.4, -0.2) is 4.98 Å². The smallest absolute Gasteiger partial charge is 0.383 e. The van der Waals surface area contributed by atoms with Gasteiger partial charge in [0.25, 0.3) is 0 Å². The molecule has 80 valence electrons. The van der Waals surface area contributed by atoms with Crippen molar-refractivity contribution in [3.8, 4) is 0 Å². The van der Waals surface area contributed by atoms with Crippen LogP contribution in [0.3, 0.4) is 0 Å². The molecule has 0 fully saturated rings. The summed E-state index contributed by atoms with van der Waals surface area (Å²) in [6.45, 7) is 1.64. The van der Waals surface area contributed by atoms with Gasteiger partial charge in [0, 0.05) is 16.8 Å². The first kappa shape index (κ1) is 9.59. The van der Waals surface area contributed by atoms with Crippen molar-refractivity contribution < 1.29 is 8.83 Å². The van der Waals surface area contributed by atoms with Gasteiger partial charge < -0.3 is 8.83 Å². The van der Waals surface area contributed by atoms with Crippen molar-refractivity contribution in [2.24, 2.45) is 0 Å². The molecular formula is C11H6BrNO3. The minimum atomic E-state index is -0.491. The van der Waals surface area contributed by atoms with Crippen molar-refractivity contribution in [3.05, 3.63) is 39.0 Å². The number of rotatable bonds is 0. The zero-order valence-electron chi connectivity index (χ0n) is 8.28. The van der Waals surface area contributed by atoms with E-state index in [0.717, 1.165) is 9.86 Å². The molecule has 2 aromatic heterocycles. The molecule has 5 heteroatoms. The molecule has 0 aliphatic carbocycles. The lowest BCUT2D eigenvalue weighted by atomic mass is 10.2. The highest BCUT2D eigenvalue weighted by Gasteiger charge is 2.13. The Kier molecular flexibility index (Phi) is 1.91. The van der Waals surface area contributed by atoms with Crippen LogP contribution >= 0.6 is 15.9 Å². The normalized spacial score (nSPS) is 11.4. The van der Waals surface area contributed by atoms with E-state index in [1.165, 1.54) is 0 Å². The summed E-state index contributed by atoms with van der Waals surface area (Å²) >= 11 is 3.37. The fraction of sp³-hybridized carbons (Fsp3) is 0.0909. The van der Waals surface area contributed by atoms with Crippen LogP contribution in [-0.2, 0) is 0 Å². The lowest BCUT2D eigenvalue weighted by Gasteiger charge is -1.90. The molecule has 0 radical (unpaired) electrons. The van der Waals surface area contributed by atoms with Crippen LogP contribution in [0.25, 0.3) is 22.1 Å². The van der Waals surface area contributed by atoms with Gasteiger partial charge in [-0.05, 0) is 18.2 Å². The van der Waals surface area contributed by atoms with Gasteiger partial charge in [-0.25, -0.2) is 9.78 Å². The average molecular weight is 280 g/mol. The van der Waals surface area contributed by atoms with Crippen molar-refractivity contribution in [1.82, 2.24) is 4.98 Å². The SMILES string of the molecule is Cc1nc2c(oc3ccc(Br)cc32)c(=O)o1.